The van der Waals surface area contributed by atoms with Crippen LogP contribution in [0.25, 0.3) is 0 Å². The summed E-state index contributed by atoms with van der Waals surface area (Å²) in [6, 6.07) is -0.0511. The number of hydrogen-bond acceptors (Lipinski definition) is 6. The minimum atomic E-state index is -0.0511. The zero-order valence-corrected chi connectivity index (χ0v) is 19.2. The van der Waals surface area contributed by atoms with E-state index in [4.69, 9.17) is 9.97 Å². The lowest BCUT2D eigenvalue weighted by molar-refractivity contribution is -0.134. The normalized spacial score (nSPS) is 22.9. The zero-order chi connectivity index (χ0) is 22.0. The zero-order valence-electron chi connectivity index (χ0n) is 19.2. The van der Waals surface area contributed by atoms with Gasteiger partial charge in [-0.3, -0.25) is 14.5 Å². The number of amides is 2. The predicted octanol–water partition coefficient (Wildman–Crippen LogP) is 2.21. The van der Waals surface area contributed by atoms with E-state index in [1.54, 1.807) is 6.92 Å². The Morgan fingerprint density at radius 1 is 1.06 bits per heavy atom. The standard InChI is InChI=1S/C23H36N6O2/c1-16-7-11-27(12-8-16)15-21(31)28-13-9-19-18(14-28)22(24-3)26-23(25-19)20-6-4-5-10-29(20)17(2)30/h16,20H,4-15H2,1-3H3,(H,24,25,26)/t20-/m1/s1. The van der Waals surface area contributed by atoms with Crippen molar-refractivity contribution in [2.24, 2.45) is 5.92 Å². The van der Waals surface area contributed by atoms with Gasteiger partial charge in [0.2, 0.25) is 11.8 Å². The highest BCUT2D eigenvalue weighted by atomic mass is 16.2. The Kier molecular flexibility index (Phi) is 6.74. The first-order chi connectivity index (χ1) is 15.0. The number of carbonyl (C=O) groups is 2. The number of anilines is 1. The third kappa shape index (κ3) is 4.84. The minimum Gasteiger partial charge on any atom is -0.373 e. The maximum Gasteiger partial charge on any atom is 0.237 e. The first-order valence-electron chi connectivity index (χ1n) is 11.8. The van der Waals surface area contributed by atoms with Crippen molar-refractivity contribution in [2.75, 3.05) is 45.1 Å². The molecule has 0 spiro atoms. The maximum atomic E-state index is 13.0. The van der Waals surface area contributed by atoms with E-state index >= 15 is 0 Å². The lowest BCUT2D eigenvalue weighted by Crippen LogP contribution is -2.45. The summed E-state index contributed by atoms with van der Waals surface area (Å²) in [6.07, 6.45) is 6.11. The van der Waals surface area contributed by atoms with Gasteiger partial charge in [0.1, 0.15) is 5.82 Å². The van der Waals surface area contributed by atoms with E-state index in [0.29, 0.717) is 19.6 Å². The van der Waals surface area contributed by atoms with Crippen LogP contribution in [0.15, 0.2) is 0 Å². The van der Waals surface area contributed by atoms with Crippen molar-refractivity contribution >= 4 is 17.6 Å². The van der Waals surface area contributed by atoms with E-state index in [2.05, 4.69) is 17.1 Å². The first-order valence-corrected chi connectivity index (χ1v) is 11.8. The highest BCUT2D eigenvalue weighted by molar-refractivity contribution is 5.79. The molecule has 1 atom stereocenters. The molecule has 2 saturated heterocycles. The molecular weight excluding hydrogens is 392 g/mol. The van der Waals surface area contributed by atoms with E-state index in [9.17, 15) is 9.59 Å². The summed E-state index contributed by atoms with van der Waals surface area (Å²) in [5.74, 6) is 2.57. The fourth-order valence-corrected chi connectivity index (χ4v) is 5.09. The lowest BCUT2D eigenvalue weighted by atomic mass is 9.99. The second-order valence-electron chi connectivity index (χ2n) is 9.35. The summed E-state index contributed by atoms with van der Waals surface area (Å²) in [5.41, 5.74) is 2.03. The van der Waals surface area contributed by atoms with Gasteiger partial charge in [0, 0.05) is 39.0 Å². The average molecular weight is 429 g/mol. The molecule has 0 aliphatic carbocycles. The number of nitrogens with zero attached hydrogens (tertiary/aromatic N) is 5. The van der Waals surface area contributed by atoms with Gasteiger partial charge in [0.25, 0.3) is 0 Å². The Morgan fingerprint density at radius 3 is 2.55 bits per heavy atom. The van der Waals surface area contributed by atoms with Crippen LogP contribution < -0.4 is 5.32 Å². The number of hydrogen-bond donors (Lipinski definition) is 1. The number of carbonyl (C=O) groups excluding carboxylic acids is 2. The molecule has 4 rings (SSSR count). The molecule has 1 aromatic heterocycles. The lowest BCUT2D eigenvalue weighted by Gasteiger charge is -2.36. The summed E-state index contributed by atoms with van der Waals surface area (Å²) >= 11 is 0. The Bertz CT molecular complexity index is 803. The molecule has 0 radical (unpaired) electrons. The highest BCUT2D eigenvalue weighted by Crippen LogP contribution is 2.32. The van der Waals surface area contributed by atoms with Crippen LogP contribution >= 0.6 is 0 Å². The topological polar surface area (TPSA) is 81.7 Å². The maximum absolute atomic E-state index is 13.0. The second-order valence-corrected chi connectivity index (χ2v) is 9.35. The van der Waals surface area contributed by atoms with Crippen LogP contribution in [0.2, 0.25) is 0 Å². The van der Waals surface area contributed by atoms with Crippen LogP contribution in [0.1, 0.15) is 69.1 Å². The van der Waals surface area contributed by atoms with E-state index in [-0.39, 0.29) is 17.9 Å². The molecule has 3 aliphatic heterocycles. The fraction of sp³-hybridized carbons (Fsp3) is 0.739. The van der Waals surface area contributed by atoms with Gasteiger partial charge >= 0.3 is 0 Å². The predicted molar refractivity (Wildman–Crippen MR) is 120 cm³/mol. The third-order valence-electron chi connectivity index (χ3n) is 7.11. The molecule has 4 heterocycles. The molecule has 31 heavy (non-hydrogen) atoms. The van der Waals surface area contributed by atoms with Crippen LogP contribution in [-0.4, -0.2) is 76.3 Å². The van der Waals surface area contributed by atoms with Gasteiger partial charge in [0.15, 0.2) is 5.82 Å². The third-order valence-corrected chi connectivity index (χ3v) is 7.11. The minimum absolute atomic E-state index is 0.0511. The van der Waals surface area contributed by atoms with E-state index in [1.807, 2.05) is 16.8 Å². The van der Waals surface area contributed by atoms with Crippen LogP contribution in [0.3, 0.4) is 0 Å². The molecule has 0 unspecified atom stereocenters. The van der Waals surface area contributed by atoms with Crippen molar-refractivity contribution in [3.63, 3.8) is 0 Å². The number of rotatable bonds is 4. The number of fused-ring (bicyclic) bond motifs is 1. The van der Waals surface area contributed by atoms with Crippen molar-refractivity contribution in [3.05, 3.63) is 17.1 Å². The molecule has 170 valence electrons. The Balaban J connectivity index is 1.49. The Hall–Kier alpha value is -2.22. The largest absolute Gasteiger partial charge is 0.373 e. The van der Waals surface area contributed by atoms with Gasteiger partial charge in [-0.05, 0) is 51.1 Å². The fourth-order valence-electron chi connectivity index (χ4n) is 5.09. The van der Waals surface area contributed by atoms with Crippen molar-refractivity contribution in [2.45, 2.75) is 65.0 Å². The molecule has 1 aromatic rings. The summed E-state index contributed by atoms with van der Waals surface area (Å²) < 4.78 is 0. The molecule has 8 heteroatoms. The van der Waals surface area contributed by atoms with Crippen molar-refractivity contribution in [1.29, 1.82) is 0 Å². The second kappa shape index (κ2) is 9.51. The van der Waals surface area contributed by atoms with E-state index in [0.717, 1.165) is 74.1 Å². The number of likely N-dealkylation sites (tertiary alicyclic amines) is 2. The number of nitrogens with one attached hydrogen (secondary N) is 1. The molecule has 1 N–H and O–H groups in total. The van der Waals surface area contributed by atoms with Crippen LogP contribution in [0.5, 0.6) is 0 Å². The van der Waals surface area contributed by atoms with Crippen molar-refractivity contribution in [3.8, 4) is 0 Å². The van der Waals surface area contributed by atoms with Crippen molar-refractivity contribution in [1.82, 2.24) is 24.7 Å². The van der Waals surface area contributed by atoms with Gasteiger partial charge in [-0.1, -0.05) is 6.92 Å². The first kappa shape index (κ1) is 22.0. The quantitative estimate of drug-likeness (QED) is 0.792. The molecule has 0 aromatic carbocycles. The van der Waals surface area contributed by atoms with Gasteiger partial charge in [0.05, 0.1) is 24.8 Å². The van der Waals surface area contributed by atoms with Gasteiger partial charge in [-0.2, -0.15) is 0 Å². The monoisotopic (exact) mass is 428 g/mol. The molecule has 2 amide bonds. The Labute approximate surface area is 185 Å². The highest BCUT2D eigenvalue weighted by Gasteiger charge is 2.32. The van der Waals surface area contributed by atoms with Gasteiger partial charge < -0.3 is 15.1 Å². The Morgan fingerprint density at radius 2 is 1.84 bits per heavy atom. The molecule has 0 bridgehead atoms. The molecule has 3 aliphatic rings. The van der Waals surface area contributed by atoms with Crippen LogP contribution in [-0.2, 0) is 22.6 Å². The number of piperidine rings is 2. The summed E-state index contributed by atoms with van der Waals surface area (Å²) in [6.45, 7) is 8.46. The number of aromatic nitrogens is 2. The molecule has 8 nitrogen and oxygen atoms in total. The summed E-state index contributed by atoms with van der Waals surface area (Å²) in [4.78, 5) is 41.0. The summed E-state index contributed by atoms with van der Waals surface area (Å²) in [5, 5.41) is 3.22. The molecule has 2 fully saturated rings. The van der Waals surface area contributed by atoms with Gasteiger partial charge in [-0.25, -0.2) is 9.97 Å². The van der Waals surface area contributed by atoms with Gasteiger partial charge in [-0.15, -0.1) is 0 Å². The molecule has 0 saturated carbocycles. The van der Waals surface area contributed by atoms with Crippen LogP contribution in [0.4, 0.5) is 5.82 Å². The SMILES string of the molecule is CNc1nc([C@H]2CCCCN2C(C)=O)nc2c1CN(C(=O)CN1CCC(C)CC1)CC2. The van der Waals surface area contributed by atoms with Crippen molar-refractivity contribution < 1.29 is 9.59 Å². The molecular formula is C23H36N6O2. The van der Waals surface area contributed by atoms with E-state index < -0.39 is 0 Å². The smallest absolute Gasteiger partial charge is 0.237 e. The summed E-state index contributed by atoms with van der Waals surface area (Å²) in [7, 11) is 1.87. The average Bonchev–Trinajstić information content (AvgIpc) is 2.79. The van der Waals surface area contributed by atoms with E-state index in [1.165, 1.54) is 12.8 Å². The van der Waals surface area contributed by atoms with Crippen LogP contribution in [0, 0.1) is 5.92 Å².